The van der Waals surface area contributed by atoms with Gasteiger partial charge in [-0.15, -0.1) is 0 Å². The summed E-state index contributed by atoms with van der Waals surface area (Å²) >= 11 is 0. The van der Waals surface area contributed by atoms with Gasteiger partial charge < -0.3 is 24.6 Å². The molecule has 1 amide bonds. The molecule has 0 spiro atoms. The van der Waals surface area contributed by atoms with E-state index in [9.17, 15) is 14.7 Å². The first-order chi connectivity index (χ1) is 16.4. The van der Waals surface area contributed by atoms with Gasteiger partial charge >= 0.3 is 5.97 Å². The van der Waals surface area contributed by atoms with E-state index < -0.39 is 17.9 Å². The third-order valence-corrected chi connectivity index (χ3v) is 6.20. The Kier molecular flexibility index (Phi) is 9.13. The molecular weight excluding hydrogens is 436 g/mol. The van der Waals surface area contributed by atoms with Crippen molar-refractivity contribution in [2.75, 3.05) is 7.11 Å². The van der Waals surface area contributed by atoms with Gasteiger partial charge in [-0.1, -0.05) is 38.0 Å². The highest BCUT2D eigenvalue weighted by Crippen LogP contribution is 2.30. The van der Waals surface area contributed by atoms with Crippen LogP contribution in [0.4, 0.5) is 0 Å². The maximum absolute atomic E-state index is 13.0. The number of carbonyl (C=O) groups is 2. The lowest BCUT2D eigenvalue weighted by molar-refractivity contribution is -0.154. The summed E-state index contributed by atoms with van der Waals surface area (Å²) in [5.74, 6) is -0.581. The highest BCUT2D eigenvalue weighted by Gasteiger charge is 2.35. The molecule has 184 valence electrons. The summed E-state index contributed by atoms with van der Waals surface area (Å²) in [4.78, 5) is 29.8. The van der Waals surface area contributed by atoms with Crippen LogP contribution >= 0.6 is 0 Å². The first-order valence-electron chi connectivity index (χ1n) is 11.9. The van der Waals surface area contributed by atoms with E-state index in [0.29, 0.717) is 12.8 Å². The highest BCUT2D eigenvalue weighted by atomic mass is 16.5. The number of nitrogens with one attached hydrogen (secondary N) is 1. The van der Waals surface area contributed by atoms with Gasteiger partial charge in [0.05, 0.1) is 7.11 Å². The highest BCUT2D eigenvalue weighted by molar-refractivity contribution is 5.97. The van der Waals surface area contributed by atoms with Gasteiger partial charge in [-0.05, 0) is 44.7 Å². The number of carbonyl (C=O) groups excluding carboxylic acids is 2. The molecule has 0 saturated carbocycles. The van der Waals surface area contributed by atoms with Crippen molar-refractivity contribution in [3.05, 3.63) is 48.3 Å². The second-order valence-corrected chi connectivity index (χ2v) is 8.58. The number of pyridine rings is 1. The zero-order valence-electron chi connectivity index (χ0n) is 20.0. The van der Waals surface area contributed by atoms with Crippen LogP contribution < -0.4 is 14.8 Å². The van der Waals surface area contributed by atoms with Crippen LogP contribution in [-0.2, 0) is 9.53 Å². The molecular formula is C26H34N2O6. The average Bonchev–Trinajstić information content (AvgIpc) is 2.88. The van der Waals surface area contributed by atoms with Crippen LogP contribution in [0.25, 0.3) is 0 Å². The van der Waals surface area contributed by atoms with E-state index in [1.54, 1.807) is 0 Å². The second-order valence-electron chi connectivity index (χ2n) is 8.58. The fraction of sp³-hybridized carbons (Fsp3) is 0.500. The van der Waals surface area contributed by atoms with E-state index in [4.69, 9.17) is 14.2 Å². The molecule has 3 rings (SSSR count). The number of cyclic esters (lactones) is 1. The number of hydrogen-bond donors (Lipinski definition) is 2. The molecule has 1 aromatic carbocycles. The van der Waals surface area contributed by atoms with Gasteiger partial charge in [0, 0.05) is 18.2 Å². The normalized spacial score (nSPS) is 23.1. The van der Waals surface area contributed by atoms with E-state index in [1.807, 2.05) is 37.3 Å². The number of esters is 1. The zero-order valence-corrected chi connectivity index (χ0v) is 20.0. The lowest BCUT2D eigenvalue weighted by atomic mass is 9.88. The van der Waals surface area contributed by atoms with Crippen molar-refractivity contribution in [1.29, 1.82) is 0 Å². The van der Waals surface area contributed by atoms with Gasteiger partial charge in [-0.25, -0.2) is 9.78 Å². The van der Waals surface area contributed by atoms with Crippen LogP contribution in [0.3, 0.4) is 0 Å². The number of aromatic nitrogens is 1. The van der Waals surface area contributed by atoms with Crippen molar-refractivity contribution >= 4 is 11.9 Å². The molecule has 8 nitrogen and oxygen atoms in total. The second kappa shape index (κ2) is 12.3. The molecule has 4 unspecified atom stereocenters. The van der Waals surface area contributed by atoms with Gasteiger partial charge in [0.25, 0.3) is 5.91 Å². The van der Waals surface area contributed by atoms with Gasteiger partial charge in [-0.2, -0.15) is 0 Å². The Bertz CT molecular complexity index is 952. The van der Waals surface area contributed by atoms with E-state index in [2.05, 4.69) is 17.2 Å². The summed E-state index contributed by atoms with van der Waals surface area (Å²) in [6, 6.07) is 10.3. The number of unbranched alkanes of at least 4 members (excludes halogenated alkanes) is 1. The summed E-state index contributed by atoms with van der Waals surface area (Å²) in [5, 5.41) is 12.9. The van der Waals surface area contributed by atoms with Crippen molar-refractivity contribution in [1.82, 2.24) is 10.3 Å². The van der Waals surface area contributed by atoms with Crippen molar-refractivity contribution < 1.29 is 28.9 Å². The number of hydrogen-bond acceptors (Lipinski definition) is 7. The number of methoxy groups -OCH3 is 1. The third kappa shape index (κ3) is 6.40. The van der Waals surface area contributed by atoms with E-state index >= 15 is 0 Å². The lowest BCUT2D eigenvalue weighted by Gasteiger charge is -2.31. The number of aromatic hydroxyl groups is 1. The molecule has 2 aromatic rings. The molecule has 1 aliphatic rings. The SMILES string of the molecule is CCCCC1C(C)OC(=O)C(NC(=O)c2nccc(OC)c2O)CCCC1Oc1ccccc1. The number of nitrogens with zero attached hydrogens (tertiary/aromatic N) is 1. The van der Waals surface area contributed by atoms with Crippen molar-refractivity contribution in [2.45, 2.75) is 70.6 Å². The number of rotatable bonds is 8. The monoisotopic (exact) mass is 470 g/mol. The molecule has 2 heterocycles. The topological polar surface area (TPSA) is 107 Å². The smallest absolute Gasteiger partial charge is 0.328 e. The Hall–Kier alpha value is -3.29. The van der Waals surface area contributed by atoms with Crippen LogP contribution in [0, 0.1) is 5.92 Å². The standard InChI is InChI=1S/C26H34N2O6/c1-4-5-12-19-17(2)33-26(31)20(13-9-14-21(19)34-18-10-7-6-8-11-18)28-25(30)23-24(29)22(32-3)15-16-27-23/h6-8,10-11,15-17,19-21,29H,4-5,9,12-14H2,1-3H3,(H,28,30). The molecule has 1 saturated heterocycles. The summed E-state index contributed by atoms with van der Waals surface area (Å²) in [6.07, 6.45) is 5.54. The Labute approximate surface area is 200 Å². The van der Waals surface area contributed by atoms with Gasteiger partial charge in [0.15, 0.2) is 17.2 Å². The van der Waals surface area contributed by atoms with Gasteiger partial charge in [-0.3, -0.25) is 4.79 Å². The number of para-hydroxylation sites is 1. The van der Waals surface area contributed by atoms with Crippen LogP contribution in [0.15, 0.2) is 42.6 Å². The fourth-order valence-corrected chi connectivity index (χ4v) is 4.32. The van der Waals surface area contributed by atoms with Crippen molar-refractivity contribution in [3.8, 4) is 17.2 Å². The maximum atomic E-state index is 13.0. The molecule has 0 bridgehead atoms. The predicted octanol–water partition coefficient (Wildman–Crippen LogP) is 4.26. The fourth-order valence-electron chi connectivity index (χ4n) is 4.32. The minimum Gasteiger partial charge on any atom is -0.503 e. The molecule has 1 fully saturated rings. The van der Waals surface area contributed by atoms with E-state index in [-0.39, 0.29) is 35.3 Å². The first kappa shape index (κ1) is 25.3. The first-order valence-corrected chi connectivity index (χ1v) is 11.9. The molecule has 0 aliphatic carbocycles. The quantitative estimate of drug-likeness (QED) is 0.555. The minimum atomic E-state index is -0.857. The number of benzene rings is 1. The van der Waals surface area contributed by atoms with Crippen LogP contribution in [0.1, 0.15) is 62.9 Å². The Balaban J connectivity index is 1.76. The Morgan fingerprint density at radius 3 is 2.71 bits per heavy atom. The van der Waals surface area contributed by atoms with Crippen molar-refractivity contribution in [3.63, 3.8) is 0 Å². The Morgan fingerprint density at radius 2 is 2.00 bits per heavy atom. The minimum absolute atomic E-state index is 0.0302. The summed E-state index contributed by atoms with van der Waals surface area (Å²) in [7, 11) is 1.39. The molecule has 1 aromatic heterocycles. The molecule has 0 radical (unpaired) electrons. The largest absolute Gasteiger partial charge is 0.503 e. The molecule has 1 aliphatic heterocycles. The number of amides is 1. The van der Waals surface area contributed by atoms with Gasteiger partial charge in [0.1, 0.15) is 24.0 Å². The third-order valence-electron chi connectivity index (χ3n) is 6.20. The van der Waals surface area contributed by atoms with Crippen molar-refractivity contribution in [2.24, 2.45) is 5.92 Å². The molecule has 8 heteroatoms. The van der Waals surface area contributed by atoms with Crippen LogP contribution in [0.5, 0.6) is 17.2 Å². The zero-order chi connectivity index (χ0) is 24.5. The molecule has 2 N–H and O–H groups in total. The molecule has 34 heavy (non-hydrogen) atoms. The average molecular weight is 471 g/mol. The Morgan fingerprint density at radius 1 is 1.24 bits per heavy atom. The van der Waals surface area contributed by atoms with Gasteiger partial charge in [0.2, 0.25) is 0 Å². The number of ether oxygens (including phenoxy) is 3. The predicted molar refractivity (Wildman–Crippen MR) is 127 cm³/mol. The van der Waals surface area contributed by atoms with Crippen LogP contribution in [-0.4, -0.2) is 47.3 Å². The van der Waals surface area contributed by atoms with E-state index in [0.717, 1.165) is 31.4 Å². The lowest BCUT2D eigenvalue weighted by Crippen LogP contribution is -2.43. The van der Waals surface area contributed by atoms with E-state index in [1.165, 1.54) is 19.4 Å². The molecule has 4 atom stereocenters. The van der Waals surface area contributed by atoms with Crippen LogP contribution in [0.2, 0.25) is 0 Å². The summed E-state index contributed by atoms with van der Waals surface area (Å²) in [6.45, 7) is 4.02. The summed E-state index contributed by atoms with van der Waals surface area (Å²) < 4.78 is 17.2. The summed E-state index contributed by atoms with van der Waals surface area (Å²) in [5.41, 5.74) is -0.203. The maximum Gasteiger partial charge on any atom is 0.328 e.